The van der Waals surface area contributed by atoms with Crippen LogP contribution < -0.4 is 5.73 Å². The van der Waals surface area contributed by atoms with Crippen molar-refractivity contribution in [3.63, 3.8) is 0 Å². The molecule has 18 heavy (non-hydrogen) atoms. The molecule has 0 spiro atoms. The van der Waals surface area contributed by atoms with Gasteiger partial charge in [0.1, 0.15) is 0 Å². The zero-order chi connectivity index (χ0) is 13.2. The molecule has 0 aromatic carbocycles. The molecule has 5 nitrogen and oxygen atoms in total. The van der Waals surface area contributed by atoms with E-state index in [1.54, 1.807) is 11.9 Å². The van der Waals surface area contributed by atoms with E-state index in [1.165, 1.54) is 0 Å². The Morgan fingerprint density at radius 3 is 2.72 bits per heavy atom. The number of ether oxygens (including phenoxy) is 1. The van der Waals surface area contributed by atoms with Crippen molar-refractivity contribution in [2.24, 2.45) is 11.7 Å². The standard InChI is InChI=1S/C13H22N2O3/c1-15(9-13(17)4-6-18-7-5-13)12(16)10-2-3-11(14)8-10/h2-3,10-11,17H,4-9,14H2,1H3. The van der Waals surface area contributed by atoms with Crippen molar-refractivity contribution in [3.05, 3.63) is 12.2 Å². The second kappa shape index (κ2) is 5.38. The van der Waals surface area contributed by atoms with Crippen molar-refractivity contribution in [2.45, 2.75) is 30.9 Å². The third-order valence-electron chi connectivity index (χ3n) is 3.77. The number of carbonyl (C=O) groups is 1. The Labute approximate surface area is 108 Å². The molecule has 1 saturated heterocycles. The second-order valence-corrected chi connectivity index (χ2v) is 5.42. The number of nitrogens with two attached hydrogens (primary N) is 1. The number of carbonyl (C=O) groups excluding carboxylic acids is 1. The fourth-order valence-corrected chi connectivity index (χ4v) is 2.62. The van der Waals surface area contributed by atoms with Gasteiger partial charge >= 0.3 is 0 Å². The Kier molecular flexibility index (Phi) is 4.04. The van der Waals surface area contributed by atoms with Gasteiger partial charge in [-0.3, -0.25) is 4.79 Å². The monoisotopic (exact) mass is 254 g/mol. The van der Waals surface area contributed by atoms with Gasteiger partial charge in [-0.1, -0.05) is 12.2 Å². The predicted octanol–water partition coefficient (Wildman–Crippen LogP) is -0.110. The van der Waals surface area contributed by atoms with Crippen LogP contribution in [0, 0.1) is 5.92 Å². The van der Waals surface area contributed by atoms with Crippen LogP contribution in [0.4, 0.5) is 0 Å². The van der Waals surface area contributed by atoms with E-state index in [-0.39, 0.29) is 17.9 Å². The fourth-order valence-electron chi connectivity index (χ4n) is 2.62. The van der Waals surface area contributed by atoms with E-state index in [0.29, 0.717) is 39.0 Å². The number of likely N-dealkylation sites (N-methyl/N-ethyl adjacent to an activating group) is 1. The quantitative estimate of drug-likeness (QED) is 0.689. The summed E-state index contributed by atoms with van der Waals surface area (Å²) >= 11 is 0. The van der Waals surface area contributed by atoms with Gasteiger partial charge in [0, 0.05) is 45.7 Å². The maximum Gasteiger partial charge on any atom is 0.229 e. The molecule has 2 rings (SSSR count). The molecule has 0 aromatic rings. The van der Waals surface area contributed by atoms with Crippen LogP contribution in [0.1, 0.15) is 19.3 Å². The highest BCUT2D eigenvalue weighted by molar-refractivity contribution is 5.81. The lowest BCUT2D eigenvalue weighted by molar-refractivity contribution is -0.139. The Morgan fingerprint density at radius 1 is 1.50 bits per heavy atom. The summed E-state index contributed by atoms with van der Waals surface area (Å²) in [7, 11) is 1.74. The molecular formula is C13H22N2O3. The SMILES string of the molecule is CN(CC1(O)CCOCC1)C(=O)C1C=CC(N)C1. The van der Waals surface area contributed by atoms with Gasteiger partial charge in [0.05, 0.1) is 11.5 Å². The van der Waals surface area contributed by atoms with E-state index < -0.39 is 5.60 Å². The van der Waals surface area contributed by atoms with Crippen LogP contribution in [0.25, 0.3) is 0 Å². The number of aliphatic hydroxyl groups is 1. The molecule has 1 fully saturated rings. The number of amides is 1. The first-order valence-electron chi connectivity index (χ1n) is 6.49. The van der Waals surface area contributed by atoms with Crippen LogP contribution in [0.5, 0.6) is 0 Å². The van der Waals surface area contributed by atoms with Gasteiger partial charge in [-0.05, 0) is 6.42 Å². The van der Waals surface area contributed by atoms with Gasteiger partial charge in [-0.15, -0.1) is 0 Å². The summed E-state index contributed by atoms with van der Waals surface area (Å²) in [5, 5.41) is 10.4. The summed E-state index contributed by atoms with van der Waals surface area (Å²) in [6.07, 6.45) is 5.59. The van der Waals surface area contributed by atoms with Crippen molar-refractivity contribution >= 4 is 5.91 Å². The van der Waals surface area contributed by atoms with Gasteiger partial charge < -0.3 is 20.5 Å². The van der Waals surface area contributed by atoms with E-state index in [0.717, 1.165) is 0 Å². The molecule has 1 aliphatic carbocycles. The van der Waals surface area contributed by atoms with E-state index in [9.17, 15) is 9.90 Å². The first-order chi connectivity index (χ1) is 8.50. The lowest BCUT2D eigenvalue weighted by Crippen LogP contribution is -2.48. The second-order valence-electron chi connectivity index (χ2n) is 5.42. The van der Waals surface area contributed by atoms with Crippen LogP contribution in [-0.4, -0.2) is 54.4 Å². The van der Waals surface area contributed by atoms with Gasteiger partial charge in [0.25, 0.3) is 0 Å². The summed E-state index contributed by atoms with van der Waals surface area (Å²) in [4.78, 5) is 13.8. The highest BCUT2D eigenvalue weighted by Gasteiger charge is 2.34. The molecule has 0 saturated carbocycles. The number of hydrogen-bond donors (Lipinski definition) is 2. The summed E-state index contributed by atoms with van der Waals surface area (Å²) < 4.78 is 5.23. The van der Waals surface area contributed by atoms with E-state index in [1.807, 2.05) is 12.2 Å². The molecule has 0 radical (unpaired) electrons. The average Bonchev–Trinajstić information content (AvgIpc) is 2.75. The van der Waals surface area contributed by atoms with E-state index in [4.69, 9.17) is 10.5 Å². The van der Waals surface area contributed by atoms with Crippen molar-refractivity contribution in [1.29, 1.82) is 0 Å². The van der Waals surface area contributed by atoms with Crippen molar-refractivity contribution in [1.82, 2.24) is 4.90 Å². The Morgan fingerprint density at radius 2 is 2.17 bits per heavy atom. The molecule has 5 heteroatoms. The van der Waals surface area contributed by atoms with Gasteiger partial charge in [0.15, 0.2) is 0 Å². The fraction of sp³-hybridized carbons (Fsp3) is 0.769. The Balaban J connectivity index is 1.89. The van der Waals surface area contributed by atoms with Gasteiger partial charge in [-0.2, -0.15) is 0 Å². The molecule has 1 aliphatic heterocycles. The zero-order valence-corrected chi connectivity index (χ0v) is 10.8. The van der Waals surface area contributed by atoms with Gasteiger partial charge in [-0.25, -0.2) is 0 Å². The summed E-state index contributed by atoms with van der Waals surface area (Å²) in [5.74, 6) is -0.0902. The lowest BCUT2D eigenvalue weighted by atomic mass is 9.93. The van der Waals surface area contributed by atoms with Crippen LogP contribution in [0.15, 0.2) is 12.2 Å². The Bertz CT molecular complexity index is 337. The van der Waals surface area contributed by atoms with Crippen molar-refractivity contribution in [2.75, 3.05) is 26.8 Å². The summed E-state index contributed by atoms with van der Waals surface area (Å²) in [6.45, 7) is 1.49. The lowest BCUT2D eigenvalue weighted by Gasteiger charge is -2.36. The third kappa shape index (κ3) is 3.10. The maximum atomic E-state index is 12.2. The third-order valence-corrected chi connectivity index (χ3v) is 3.77. The molecule has 1 amide bonds. The molecule has 102 valence electrons. The maximum absolute atomic E-state index is 12.2. The van der Waals surface area contributed by atoms with Crippen molar-refractivity contribution < 1.29 is 14.6 Å². The molecule has 1 heterocycles. The average molecular weight is 254 g/mol. The van der Waals surface area contributed by atoms with Crippen LogP contribution >= 0.6 is 0 Å². The molecular weight excluding hydrogens is 232 g/mol. The van der Waals surface area contributed by atoms with Crippen molar-refractivity contribution in [3.8, 4) is 0 Å². The minimum absolute atomic E-state index is 0.0153. The van der Waals surface area contributed by atoms with E-state index in [2.05, 4.69) is 0 Å². The summed E-state index contributed by atoms with van der Waals surface area (Å²) in [5.41, 5.74) is 4.95. The number of nitrogens with zero attached hydrogens (tertiary/aromatic N) is 1. The normalized spacial score (nSPS) is 30.4. The number of hydrogen-bond acceptors (Lipinski definition) is 4. The predicted molar refractivity (Wildman–Crippen MR) is 67.9 cm³/mol. The highest BCUT2D eigenvalue weighted by atomic mass is 16.5. The molecule has 2 unspecified atom stereocenters. The van der Waals surface area contributed by atoms with E-state index >= 15 is 0 Å². The minimum atomic E-state index is -0.799. The van der Waals surface area contributed by atoms with Crippen LogP contribution in [0.2, 0.25) is 0 Å². The van der Waals surface area contributed by atoms with Crippen LogP contribution in [0.3, 0.4) is 0 Å². The highest BCUT2D eigenvalue weighted by Crippen LogP contribution is 2.24. The van der Waals surface area contributed by atoms with Gasteiger partial charge in [0.2, 0.25) is 5.91 Å². The largest absolute Gasteiger partial charge is 0.388 e. The summed E-state index contributed by atoms with van der Waals surface area (Å²) in [6, 6.07) is -0.0153. The number of rotatable bonds is 3. The molecule has 3 N–H and O–H groups in total. The molecule has 2 aliphatic rings. The smallest absolute Gasteiger partial charge is 0.229 e. The Hall–Kier alpha value is -0.910. The first-order valence-corrected chi connectivity index (χ1v) is 6.49. The molecule has 0 bridgehead atoms. The minimum Gasteiger partial charge on any atom is -0.388 e. The molecule has 0 aromatic heterocycles. The molecule has 2 atom stereocenters. The first kappa shape index (κ1) is 13.5. The topological polar surface area (TPSA) is 75.8 Å². The van der Waals surface area contributed by atoms with Crippen LogP contribution in [-0.2, 0) is 9.53 Å². The zero-order valence-electron chi connectivity index (χ0n) is 10.8.